The van der Waals surface area contributed by atoms with Crippen LogP contribution >= 0.6 is 0 Å². The van der Waals surface area contributed by atoms with Crippen molar-refractivity contribution in [1.29, 1.82) is 0 Å². The van der Waals surface area contributed by atoms with Gasteiger partial charge in [-0.2, -0.15) is 0 Å². The Morgan fingerprint density at radius 1 is 0.581 bits per heavy atom. The first-order valence-electron chi connectivity index (χ1n) is 11.5. The van der Waals surface area contributed by atoms with Crippen LogP contribution in [0.25, 0.3) is 0 Å². The van der Waals surface area contributed by atoms with Gasteiger partial charge in [-0.05, 0) is 65.9 Å². The summed E-state index contributed by atoms with van der Waals surface area (Å²) in [4.78, 5) is 0. The second-order valence-electron chi connectivity index (χ2n) is 9.37. The molecule has 0 amide bonds. The average Bonchev–Trinajstić information content (AvgIpc) is 2.99. The summed E-state index contributed by atoms with van der Waals surface area (Å²) >= 11 is 0. The lowest BCUT2D eigenvalue weighted by molar-refractivity contribution is 0.867. The van der Waals surface area contributed by atoms with Crippen molar-refractivity contribution in [2.24, 2.45) is 0 Å². The summed E-state index contributed by atoms with van der Waals surface area (Å²) < 4.78 is 0. The van der Waals surface area contributed by atoms with Gasteiger partial charge < -0.3 is 0 Å². The van der Waals surface area contributed by atoms with Crippen molar-refractivity contribution in [2.45, 2.75) is 53.0 Å². The van der Waals surface area contributed by atoms with Gasteiger partial charge in [-0.1, -0.05) is 110 Å². The third-order valence-electron chi connectivity index (χ3n) is 7.51. The van der Waals surface area contributed by atoms with Crippen molar-refractivity contribution < 1.29 is 0 Å². The molecule has 1 aliphatic carbocycles. The van der Waals surface area contributed by atoms with Gasteiger partial charge in [0.25, 0.3) is 0 Å². The molecule has 0 aromatic heterocycles. The summed E-state index contributed by atoms with van der Waals surface area (Å²) in [6.45, 7) is 14.0. The summed E-state index contributed by atoms with van der Waals surface area (Å²) in [6.07, 6.45) is 0. The number of hydrogen-bond acceptors (Lipinski definition) is 0. The molecule has 3 aromatic carbocycles. The smallest absolute Gasteiger partial charge is 0.0647 e. The molecule has 0 fully saturated rings. The Hall–Kier alpha value is -2.64. The molecule has 3 aromatic rings. The van der Waals surface area contributed by atoms with E-state index in [2.05, 4.69) is 126 Å². The summed E-state index contributed by atoms with van der Waals surface area (Å²) in [7, 11) is -2.39. The molecule has 0 aliphatic heterocycles. The van der Waals surface area contributed by atoms with Gasteiger partial charge in [0.15, 0.2) is 8.07 Å². The Morgan fingerprint density at radius 2 is 1.03 bits per heavy atom. The highest BCUT2D eigenvalue weighted by molar-refractivity contribution is 7.13. The van der Waals surface area contributed by atoms with Gasteiger partial charge in [0.1, 0.15) is 0 Å². The topological polar surface area (TPSA) is 0 Å². The minimum Gasteiger partial charge on any atom is -0.0647 e. The van der Waals surface area contributed by atoms with Gasteiger partial charge in [-0.15, -0.1) is 0 Å². The van der Waals surface area contributed by atoms with Gasteiger partial charge in [0.05, 0.1) is 0 Å². The van der Waals surface area contributed by atoms with Crippen LogP contribution in [-0.4, -0.2) is 8.07 Å². The predicted molar refractivity (Wildman–Crippen MR) is 139 cm³/mol. The van der Waals surface area contributed by atoms with E-state index in [9.17, 15) is 0 Å². The molecule has 0 unspecified atom stereocenters. The zero-order valence-electron chi connectivity index (χ0n) is 19.7. The minimum absolute atomic E-state index is 0.430. The third-order valence-corrected chi connectivity index (χ3v) is 13.0. The van der Waals surface area contributed by atoms with E-state index in [4.69, 9.17) is 0 Å². The highest BCUT2D eigenvalue weighted by Crippen LogP contribution is 2.46. The van der Waals surface area contributed by atoms with Gasteiger partial charge in [0.2, 0.25) is 0 Å². The second kappa shape index (κ2) is 8.47. The predicted octanol–water partition coefficient (Wildman–Crippen LogP) is 6.34. The van der Waals surface area contributed by atoms with E-state index in [0.29, 0.717) is 11.5 Å². The van der Waals surface area contributed by atoms with Crippen LogP contribution < -0.4 is 15.6 Å². The maximum absolute atomic E-state index is 2.51. The van der Waals surface area contributed by atoms with E-state index in [0.717, 1.165) is 0 Å². The fourth-order valence-electron chi connectivity index (χ4n) is 5.54. The molecular weight excluding hydrogens is 388 g/mol. The van der Waals surface area contributed by atoms with Crippen molar-refractivity contribution in [3.8, 4) is 0 Å². The van der Waals surface area contributed by atoms with Crippen LogP contribution in [0.5, 0.6) is 0 Å². The third kappa shape index (κ3) is 3.45. The lowest BCUT2D eigenvalue weighted by Crippen LogP contribution is -2.70. The van der Waals surface area contributed by atoms with Crippen molar-refractivity contribution in [2.75, 3.05) is 0 Å². The average molecular weight is 423 g/mol. The van der Waals surface area contributed by atoms with Crippen molar-refractivity contribution in [3.63, 3.8) is 0 Å². The second-order valence-corrected chi connectivity index (χ2v) is 13.3. The highest BCUT2D eigenvalue weighted by Gasteiger charge is 2.50. The maximum atomic E-state index is 2.51. The lowest BCUT2D eigenvalue weighted by Gasteiger charge is -2.41. The molecule has 4 rings (SSSR count). The molecule has 0 atom stereocenters. The molecule has 31 heavy (non-hydrogen) atoms. The van der Waals surface area contributed by atoms with Crippen LogP contribution in [0.1, 0.15) is 53.0 Å². The van der Waals surface area contributed by atoms with Gasteiger partial charge >= 0.3 is 0 Å². The van der Waals surface area contributed by atoms with Crippen molar-refractivity contribution in [1.82, 2.24) is 0 Å². The largest absolute Gasteiger partial charge is 0.159 e. The van der Waals surface area contributed by atoms with E-state index in [-0.39, 0.29) is 0 Å². The normalized spacial score (nSPS) is 15.3. The molecule has 0 heterocycles. The zero-order valence-corrected chi connectivity index (χ0v) is 20.7. The van der Waals surface area contributed by atoms with Crippen molar-refractivity contribution in [3.05, 3.63) is 113 Å². The Labute approximate surface area is 189 Å². The summed E-state index contributed by atoms with van der Waals surface area (Å²) in [6, 6.07) is 32.2. The fraction of sp³-hybridized carbons (Fsp3) is 0.267. The molecule has 158 valence electrons. The van der Waals surface area contributed by atoms with Gasteiger partial charge in [-0.3, -0.25) is 0 Å². The molecule has 0 saturated heterocycles. The van der Waals surface area contributed by atoms with Gasteiger partial charge in [-0.25, -0.2) is 0 Å². The first kappa shape index (κ1) is 21.6. The molecule has 0 radical (unpaired) electrons. The standard InChI is InChI=1S/C30H34Si/c1-21(2)26-14-13-19-29(20-26)31(27-15-9-7-10-16-27,28-17-11-8-12-18-28)30-24(5)22(3)23(4)25(30)6/h7-21,30H,1-6H3. The molecule has 1 heteroatoms. The summed E-state index contributed by atoms with van der Waals surface area (Å²) in [5.74, 6) is 0.513. The Morgan fingerprint density at radius 3 is 1.48 bits per heavy atom. The molecule has 1 aliphatic rings. The van der Waals surface area contributed by atoms with E-state index < -0.39 is 8.07 Å². The molecule has 0 spiro atoms. The molecular formula is C30H34Si. The number of hydrogen-bond donors (Lipinski definition) is 0. The van der Waals surface area contributed by atoms with E-state index >= 15 is 0 Å². The van der Waals surface area contributed by atoms with Crippen LogP contribution in [0, 0.1) is 0 Å². The van der Waals surface area contributed by atoms with Crippen LogP contribution in [-0.2, 0) is 0 Å². The first-order valence-corrected chi connectivity index (χ1v) is 13.5. The van der Waals surface area contributed by atoms with Crippen LogP contribution in [0.3, 0.4) is 0 Å². The van der Waals surface area contributed by atoms with Crippen molar-refractivity contribution >= 4 is 23.6 Å². The summed E-state index contributed by atoms with van der Waals surface area (Å²) in [5, 5.41) is 4.50. The quantitative estimate of drug-likeness (QED) is 0.332. The monoisotopic (exact) mass is 422 g/mol. The number of rotatable bonds is 5. The van der Waals surface area contributed by atoms with E-state index in [1.54, 1.807) is 11.1 Å². The highest BCUT2D eigenvalue weighted by atomic mass is 28.3. The number of benzene rings is 3. The Kier molecular flexibility index (Phi) is 5.90. The first-order chi connectivity index (χ1) is 14.9. The van der Waals surface area contributed by atoms with Crippen LogP contribution in [0.15, 0.2) is 107 Å². The number of allylic oxidation sites excluding steroid dienone is 4. The van der Waals surface area contributed by atoms with Crippen LogP contribution in [0.2, 0.25) is 5.54 Å². The SMILES string of the molecule is CC1=C(C)C([Si](c2ccccc2)(c2ccccc2)c2cccc(C(C)C)c2)C(C)=C1C. The van der Waals surface area contributed by atoms with E-state index in [1.807, 2.05) is 0 Å². The zero-order chi connectivity index (χ0) is 22.2. The van der Waals surface area contributed by atoms with Gasteiger partial charge in [0, 0.05) is 5.54 Å². The minimum atomic E-state index is -2.39. The molecule has 0 nitrogen and oxygen atoms in total. The Bertz CT molecular complexity index is 1070. The van der Waals surface area contributed by atoms with E-state index in [1.165, 1.54) is 32.3 Å². The molecule has 0 saturated carbocycles. The molecule has 0 N–H and O–H groups in total. The lowest BCUT2D eigenvalue weighted by atomic mass is 10.0. The fourth-order valence-corrected chi connectivity index (χ4v) is 11.5. The summed E-state index contributed by atoms with van der Waals surface area (Å²) in [5.41, 5.74) is 7.90. The maximum Gasteiger partial charge on any atom is 0.159 e. The van der Waals surface area contributed by atoms with Crippen LogP contribution in [0.4, 0.5) is 0 Å². The molecule has 0 bridgehead atoms. The Balaban J connectivity index is 2.16.